The minimum atomic E-state index is -0.318. The molecule has 0 unspecified atom stereocenters. The molecule has 0 aliphatic rings. The van der Waals surface area contributed by atoms with Gasteiger partial charge in [0.1, 0.15) is 5.82 Å². The second-order valence-corrected chi connectivity index (χ2v) is 7.39. The number of aryl methyl sites for hydroxylation is 2. The number of halogens is 1. The predicted octanol–water partition coefficient (Wildman–Crippen LogP) is 4.76. The van der Waals surface area contributed by atoms with Gasteiger partial charge >= 0.3 is 0 Å². The topological polar surface area (TPSA) is 80.9 Å². The lowest BCUT2D eigenvalue weighted by Crippen LogP contribution is -2.11. The average molecular weight is 396 g/mol. The van der Waals surface area contributed by atoms with Crippen molar-refractivity contribution in [3.63, 3.8) is 0 Å². The van der Waals surface area contributed by atoms with Crippen LogP contribution in [0.1, 0.15) is 24.3 Å². The van der Waals surface area contributed by atoms with Gasteiger partial charge in [-0.05, 0) is 49.2 Å². The van der Waals surface area contributed by atoms with Crippen LogP contribution in [0, 0.1) is 12.7 Å². The number of carbonyl (C=O) groups excluding carboxylic acids is 1. The van der Waals surface area contributed by atoms with Crippen LogP contribution >= 0.6 is 11.3 Å². The molecule has 2 heterocycles. The minimum absolute atomic E-state index is 0.102. The standard InChI is InChI=1S/C20H17FN4O2S/c1-12-4-2-5-15-18(12)24-20(28-15)22-16(26)6-3-7-17-23-19(25-27-17)13-8-10-14(21)11-9-13/h2,4-5,8-11H,3,6-7H2,1H3,(H,22,24,26). The van der Waals surface area contributed by atoms with Gasteiger partial charge in [0.05, 0.1) is 10.2 Å². The van der Waals surface area contributed by atoms with E-state index >= 15 is 0 Å². The maximum absolute atomic E-state index is 13.0. The van der Waals surface area contributed by atoms with E-state index in [0.717, 1.165) is 15.8 Å². The highest BCUT2D eigenvalue weighted by Crippen LogP contribution is 2.28. The Morgan fingerprint density at radius 3 is 2.79 bits per heavy atom. The van der Waals surface area contributed by atoms with Gasteiger partial charge in [-0.2, -0.15) is 4.98 Å². The van der Waals surface area contributed by atoms with Crippen LogP contribution in [-0.2, 0) is 11.2 Å². The highest BCUT2D eigenvalue weighted by atomic mass is 32.1. The van der Waals surface area contributed by atoms with Crippen molar-refractivity contribution in [1.82, 2.24) is 15.1 Å². The summed E-state index contributed by atoms with van der Waals surface area (Å²) in [6, 6.07) is 11.8. The van der Waals surface area contributed by atoms with Gasteiger partial charge in [-0.3, -0.25) is 4.79 Å². The smallest absolute Gasteiger partial charge is 0.226 e. The van der Waals surface area contributed by atoms with E-state index in [4.69, 9.17) is 4.52 Å². The molecule has 0 spiro atoms. The summed E-state index contributed by atoms with van der Waals surface area (Å²) in [5.41, 5.74) is 2.69. The molecule has 1 N–H and O–H groups in total. The lowest BCUT2D eigenvalue weighted by Gasteiger charge is -1.99. The fraction of sp³-hybridized carbons (Fsp3) is 0.200. The largest absolute Gasteiger partial charge is 0.339 e. The van der Waals surface area contributed by atoms with Crippen LogP contribution in [0.15, 0.2) is 47.0 Å². The lowest BCUT2D eigenvalue weighted by atomic mass is 10.2. The third-order valence-electron chi connectivity index (χ3n) is 4.23. The van der Waals surface area contributed by atoms with Crippen LogP contribution in [0.25, 0.3) is 21.6 Å². The van der Waals surface area contributed by atoms with Gasteiger partial charge in [-0.15, -0.1) is 0 Å². The zero-order valence-corrected chi connectivity index (χ0v) is 15.9. The molecule has 0 saturated heterocycles. The molecule has 0 bridgehead atoms. The number of thiazole rings is 1. The van der Waals surface area contributed by atoms with Gasteiger partial charge in [-0.1, -0.05) is 28.6 Å². The number of rotatable bonds is 6. The van der Waals surface area contributed by atoms with Crippen LogP contribution in [0.4, 0.5) is 9.52 Å². The third kappa shape index (κ3) is 4.07. The fourth-order valence-corrected chi connectivity index (χ4v) is 3.75. The number of anilines is 1. The highest BCUT2D eigenvalue weighted by molar-refractivity contribution is 7.22. The van der Waals surface area contributed by atoms with Crippen LogP contribution in [0.5, 0.6) is 0 Å². The zero-order valence-electron chi connectivity index (χ0n) is 15.1. The second kappa shape index (κ2) is 7.85. The molecule has 8 heteroatoms. The number of carbonyl (C=O) groups is 1. The van der Waals surface area contributed by atoms with Crippen molar-refractivity contribution >= 4 is 32.6 Å². The zero-order chi connectivity index (χ0) is 19.5. The first kappa shape index (κ1) is 18.2. The quantitative estimate of drug-likeness (QED) is 0.508. The molecule has 0 radical (unpaired) electrons. The van der Waals surface area contributed by atoms with Gasteiger partial charge in [0.15, 0.2) is 5.13 Å². The first-order valence-electron chi connectivity index (χ1n) is 8.83. The maximum atomic E-state index is 13.0. The molecule has 2 aromatic carbocycles. The van der Waals surface area contributed by atoms with E-state index in [1.165, 1.54) is 23.5 Å². The van der Waals surface area contributed by atoms with Crippen molar-refractivity contribution in [3.8, 4) is 11.4 Å². The van der Waals surface area contributed by atoms with Crippen molar-refractivity contribution in [3.05, 3.63) is 59.7 Å². The first-order chi connectivity index (χ1) is 13.6. The molecule has 2 aromatic heterocycles. The van der Waals surface area contributed by atoms with Gasteiger partial charge in [0, 0.05) is 18.4 Å². The van der Waals surface area contributed by atoms with E-state index in [-0.39, 0.29) is 11.7 Å². The molecule has 0 atom stereocenters. The van der Waals surface area contributed by atoms with Gasteiger partial charge in [0.25, 0.3) is 0 Å². The molecule has 0 saturated carbocycles. The van der Waals surface area contributed by atoms with Crippen molar-refractivity contribution in [2.45, 2.75) is 26.2 Å². The van der Waals surface area contributed by atoms with E-state index in [9.17, 15) is 9.18 Å². The van der Waals surface area contributed by atoms with Crippen LogP contribution < -0.4 is 5.32 Å². The molecular weight excluding hydrogens is 379 g/mol. The van der Waals surface area contributed by atoms with Crippen molar-refractivity contribution < 1.29 is 13.7 Å². The maximum Gasteiger partial charge on any atom is 0.226 e. The first-order valence-corrected chi connectivity index (χ1v) is 9.65. The van der Waals surface area contributed by atoms with E-state index in [1.807, 2.05) is 25.1 Å². The predicted molar refractivity (Wildman–Crippen MR) is 106 cm³/mol. The summed E-state index contributed by atoms with van der Waals surface area (Å²) >= 11 is 1.46. The summed E-state index contributed by atoms with van der Waals surface area (Å²) in [6.07, 6.45) is 1.38. The van der Waals surface area contributed by atoms with E-state index in [0.29, 0.717) is 41.7 Å². The number of fused-ring (bicyclic) bond motifs is 1. The van der Waals surface area contributed by atoms with Crippen LogP contribution in [-0.4, -0.2) is 21.0 Å². The lowest BCUT2D eigenvalue weighted by molar-refractivity contribution is -0.116. The minimum Gasteiger partial charge on any atom is -0.339 e. The van der Waals surface area contributed by atoms with E-state index in [2.05, 4.69) is 20.4 Å². The Bertz CT molecular complexity index is 1120. The average Bonchev–Trinajstić information content (AvgIpc) is 3.30. The summed E-state index contributed by atoms with van der Waals surface area (Å²) in [5, 5.41) is 7.35. The summed E-state index contributed by atoms with van der Waals surface area (Å²) in [5.74, 6) is 0.434. The number of nitrogens with one attached hydrogen (secondary N) is 1. The Morgan fingerprint density at radius 2 is 2.00 bits per heavy atom. The van der Waals surface area contributed by atoms with Crippen molar-refractivity contribution in [2.24, 2.45) is 0 Å². The molecule has 28 heavy (non-hydrogen) atoms. The normalized spacial score (nSPS) is 11.1. The van der Waals surface area contributed by atoms with Gasteiger partial charge in [0.2, 0.25) is 17.6 Å². The molecule has 0 fully saturated rings. The SMILES string of the molecule is Cc1cccc2sc(NC(=O)CCCc3nc(-c4ccc(F)cc4)no3)nc12. The third-order valence-corrected chi connectivity index (χ3v) is 5.17. The van der Waals surface area contributed by atoms with Gasteiger partial charge < -0.3 is 9.84 Å². The van der Waals surface area contributed by atoms with Crippen molar-refractivity contribution in [1.29, 1.82) is 0 Å². The number of nitrogens with zero attached hydrogens (tertiary/aromatic N) is 3. The summed E-state index contributed by atoms with van der Waals surface area (Å²) < 4.78 is 19.2. The Labute approximate surface area is 164 Å². The summed E-state index contributed by atoms with van der Waals surface area (Å²) in [4.78, 5) is 20.9. The summed E-state index contributed by atoms with van der Waals surface area (Å²) in [6.45, 7) is 2.00. The number of aromatic nitrogens is 3. The Kier molecular flexibility index (Phi) is 5.12. The fourth-order valence-electron chi connectivity index (χ4n) is 2.79. The van der Waals surface area contributed by atoms with E-state index < -0.39 is 0 Å². The van der Waals surface area contributed by atoms with E-state index in [1.54, 1.807) is 12.1 Å². The Hall–Kier alpha value is -3.13. The molecule has 4 rings (SSSR count). The number of benzene rings is 2. The Balaban J connectivity index is 1.30. The number of para-hydroxylation sites is 1. The van der Waals surface area contributed by atoms with Crippen molar-refractivity contribution in [2.75, 3.05) is 5.32 Å². The molecule has 0 aliphatic heterocycles. The summed E-state index contributed by atoms with van der Waals surface area (Å²) in [7, 11) is 0. The Morgan fingerprint density at radius 1 is 1.18 bits per heavy atom. The molecule has 0 aliphatic carbocycles. The van der Waals surface area contributed by atoms with Gasteiger partial charge in [-0.25, -0.2) is 9.37 Å². The molecular formula is C20H17FN4O2S. The monoisotopic (exact) mass is 396 g/mol. The van der Waals surface area contributed by atoms with Crippen LogP contribution in [0.3, 0.4) is 0 Å². The number of amides is 1. The second-order valence-electron chi connectivity index (χ2n) is 6.36. The molecule has 142 valence electrons. The number of hydrogen-bond donors (Lipinski definition) is 1. The number of hydrogen-bond acceptors (Lipinski definition) is 6. The molecule has 6 nitrogen and oxygen atoms in total. The highest BCUT2D eigenvalue weighted by Gasteiger charge is 2.12. The molecule has 1 amide bonds. The van der Waals surface area contributed by atoms with Crippen LogP contribution in [0.2, 0.25) is 0 Å². The molecule has 4 aromatic rings.